The second kappa shape index (κ2) is 3.40. The SMILES string of the molecule is C/C=C/C1=CC=CC(C)C1. The molecule has 1 rings (SSSR count). The highest BCUT2D eigenvalue weighted by molar-refractivity contribution is 5.27. The maximum Gasteiger partial charge on any atom is -0.0218 e. The van der Waals surface area contributed by atoms with Crippen molar-refractivity contribution in [2.75, 3.05) is 0 Å². The lowest BCUT2D eigenvalue weighted by Crippen LogP contribution is -1.94. The van der Waals surface area contributed by atoms with Crippen LogP contribution in [0.4, 0.5) is 0 Å². The minimum atomic E-state index is 0.719. The molecule has 10 heavy (non-hydrogen) atoms. The molecule has 0 aromatic heterocycles. The van der Waals surface area contributed by atoms with Crippen molar-refractivity contribution in [3.63, 3.8) is 0 Å². The molecule has 0 spiro atoms. The normalized spacial score (nSPS) is 25.4. The van der Waals surface area contributed by atoms with E-state index in [1.807, 2.05) is 0 Å². The van der Waals surface area contributed by atoms with Crippen LogP contribution in [0.15, 0.2) is 36.0 Å². The van der Waals surface area contributed by atoms with E-state index >= 15 is 0 Å². The van der Waals surface area contributed by atoms with Crippen molar-refractivity contribution in [3.05, 3.63) is 36.0 Å². The summed E-state index contributed by atoms with van der Waals surface area (Å²) in [5.74, 6) is 0.719. The zero-order valence-electron chi connectivity index (χ0n) is 6.67. The van der Waals surface area contributed by atoms with Gasteiger partial charge in [-0.25, -0.2) is 0 Å². The average molecular weight is 134 g/mol. The first-order valence-corrected chi connectivity index (χ1v) is 3.83. The third kappa shape index (κ3) is 1.87. The first kappa shape index (κ1) is 7.33. The lowest BCUT2D eigenvalue weighted by molar-refractivity contribution is 0.718. The standard InChI is InChI=1S/C10H14/c1-3-5-10-7-4-6-9(2)8-10/h3-7,9H,8H2,1-2H3/b5-3+. The molecule has 0 radical (unpaired) electrons. The van der Waals surface area contributed by atoms with E-state index in [0.29, 0.717) is 0 Å². The van der Waals surface area contributed by atoms with E-state index in [4.69, 9.17) is 0 Å². The molecule has 0 saturated carbocycles. The predicted molar refractivity (Wildman–Crippen MR) is 45.8 cm³/mol. The molecule has 0 amide bonds. The molecule has 0 bridgehead atoms. The van der Waals surface area contributed by atoms with Crippen molar-refractivity contribution in [2.45, 2.75) is 20.3 Å². The third-order valence-electron chi connectivity index (χ3n) is 1.69. The summed E-state index contributed by atoms with van der Waals surface area (Å²) in [6, 6.07) is 0. The number of hydrogen-bond donors (Lipinski definition) is 0. The molecule has 1 unspecified atom stereocenters. The summed E-state index contributed by atoms with van der Waals surface area (Å²) in [5, 5.41) is 0. The maximum atomic E-state index is 2.24. The van der Waals surface area contributed by atoms with E-state index < -0.39 is 0 Å². The molecular formula is C10H14. The monoisotopic (exact) mass is 134 g/mol. The van der Waals surface area contributed by atoms with Crippen molar-refractivity contribution in [1.29, 1.82) is 0 Å². The lowest BCUT2D eigenvalue weighted by Gasteiger charge is -2.10. The van der Waals surface area contributed by atoms with Crippen LogP contribution >= 0.6 is 0 Å². The van der Waals surface area contributed by atoms with Gasteiger partial charge in [0.05, 0.1) is 0 Å². The van der Waals surface area contributed by atoms with Crippen molar-refractivity contribution in [2.24, 2.45) is 5.92 Å². The second-order valence-electron chi connectivity index (χ2n) is 2.81. The Labute approximate surface area is 62.9 Å². The Balaban J connectivity index is 2.61. The topological polar surface area (TPSA) is 0 Å². The fourth-order valence-corrected chi connectivity index (χ4v) is 1.21. The number of hydrogen-bond acceptors (Lipinski definition) is 0. The van der Waals surface area contributed by atoms with Gasteiger partial charge in [-0.15, -0.1) is 0 Å². The third-order valence-corrected chi connectivity index (χ3v) is 1.69. The van der Waals surface area contributed by atoms with E-state index in [1.54, 1.807) is 0 Å². The first-order valence-electron chi connectivity index (χ1n) is 3.83. The Morgan fingerprint density at radius 2 is 2.40 bits per heavy atom. The van der Waals surface area contributed by atoms with Gasteiger partial charge < -0.3 is 0 Å². The highest BCUT2D eigenvalue weighted by Crippen LogP contribution is 2.18. The molecule has 0 nitrogen and oxygen atoms in total. The van der Waals surface area contributed by atoms with Gasteiger partial charge in [0.15, 0.2) is 0 Å². The minimum absolute atomic E-state index is 0.719. The van der Waals surface area contributed by atoms with Gasteiger partial charge in [0, 0.05) is 0 Å². The van der Waals surface area contributed by atoms with Gasteiger partial charge in [0.1, 0.15) is 0 Å². The van der Waals surface area contributed by atoms with E-state index in [0.717, 1.165) is 5.92 Å². The van der Waals surface area contributed by atoms with Gasteiger partial charge >= 0.3 is 0 Å². The summed E-state index contributed by atoms with van der Waals surface area (Å²) in [6.45, 7) is 4.30. The fraction of sp³-hybridized carbons (Fsp3) is 0.400. The molecule has 0 aliphatic heterocycles. The number of rotatable bonds is 1. The summed E-state index contributed by atoms with van der Waals surface area (Å²) in [7, 11) is 0. The minimum Gasteiger partial charge on any atom is -0.0874 e. The van der Waals surface area contributed by atoms with Crippen LogP contribution in [-0.4, -0.2) is 0 Å². The van der Waals surface area contributed by atoms with Crippen LogP contribution in [-0.2, 0) is 0 Å². The molecule has 1 aliphatic rings. The molecule has 1 atom stereocenters. The van der Waals surface area contributed by atoms with Crippen LogP contribution in [0.2, 0.25) is 0 Å². The Bertz CT molecular complexity index is 182. The van der Waals surface area contributed by atoms with E-state index in [9.17, 15) is 0 Å². The zero-order valence-corrected chi connectivity index (χ0v) is 6.67. The van der Waals surface area contributed by atoms with E-state index in [1.165, 1.54) is 12.0 Å². The van der Waals surface area contributed by atoms with E-state index in [2.05, 4.69) is 44.2 Å². The zero-order chi connectivity index (χ0) is 7.40. The van der Waals surface area contributed by atoms with Gasteiger partial charge in [-0.05, 0) is 24.8 Å². The molecule has 1 aliphatic carbocycles. The van der Waals surface area contributed by atoms with Crippen LogP contribution < -0.4 is 0 Å². The first-order chi connectivity index (χ1) is 4.83. The fourth-order valence-electron chi connectivity index (χ4n) is 1.21. The smallest absolute Gasteiger partial charge is 0.0218 e. The average Bonchev–Trinajstić information content (AvgIpc) is 1.88. The highest BCUT2D eigenvalue weighted by atomic mass is 14.1. The van der Waals surface area contributed by atoms with Gasteiger partial charge in [-0.1, -0.05) is 37.3 Å². The quantitative estimate of drug-likeness (QED) is 0.517. The van der Waals surface area contributed by atoms with Crippen molar-refractivity contribution >= 4 is 0 Å². The number of allylic oxidation sites excluding steroid dienone is 6. The Morgan fingerprint density at radius 1 is 1.60 bits per heavy atom. The van der Waals surface area contributed by atoms with Crippen molar-refractivity contribution in [3.8, 4) is 0 Å². The molecule has 0 saturated heterocycles. The van der Waals surface area contributed by atoms with Crippen LogP contribution in [0.5, 0.6) is 0 Å². The molecule has 54 valence electrons. The maximum absolute atomic E-state index is 2.24. The Kier molecular flexibility index (Phi) is 2.49. The summed E-state index contributed by atoms with van der Waals surface area (Å²) in [5.41, 5.74) is 1.44. The van der Waals surface area contributed by atoms with Crippen LogP contribution in [0, 0.1) is 5.92 Å². The van der Waals surface area contributed by atoms with Gasteiger partial charge in [-0.3, -0.25) is 0 Å². The Hall–Kier alpha value is -0.780. The molecular weight excluding hydrogens is 120 g/mol. The van der Waals surface area contributed by atoms with Gasteiger partial charge in [-0.2, -0.15) is 0 Å². The summed E-state index contributed by atoms with van der Waals surface area (Å²) >= 11 is 0. The summed E-state index contributed by atoms with van der Waals surface area (Å²) < 4.78 is 0. The van der Waals surface area contributed by atoms with Crippen LogP contribution in [0.1, 0.15) is 20.3 Å². The summed E-state index contributed by atoms with van der Waals surface area (Å²) in [4.78, 5) is 0. The molecule has 0 fully saturated rings. The largest absolute Gasteiger partial charge is 0.0874 e. The molecule has 0 heterocycles. The lowest BCUT2D eigenvalue weighted by atomic mass is 9.96. The Morgan fingerprint density at radius 3 is 3.00 bits per heavy atom. The molecule has 0 aromatic carbocycles. The van der Waals surface area contributed by atoms with Gasteiger partial charge in [0.25, 0.3) is 0 Å². The molecule has 0 heteroatoms. The molecule has 0 N–H and O–H groups in total. The summed E-state index contributed by atoms with van der Waals surface area (Å²) in [6.07, 6.45) is 12.0. The predicted octanol–water partition coefficient (Wildman–Crippen LogP) is 3.08. The van der Waals surface area contributed by atoms with Crippen molar-refractivity contribution < 1.29 is 0 Å². The molecule has 0 aromatic rings. The van der Waals surface area contributed by atoms with E-state index in [-0.39, 0.29) is 0 Å². The highest BCUT2D eigenvalue weighted by Gasteiger charge is 2.02. The van der Waals surface area contributed by atoms with Crippen LogP contribution in [0.25, 0.3) is 0 Å². The van der Waals surface area contributed by atoms with Crippen molar-refractivity contribution in [1.82, 2.24) is 0 Å². The second-order valence-corrected chi connectivity index (χ2v) is 2.81. The van der Waals surface area contributed by atoms with Gasteiger partial charge in [0.2, 0.25) is 0 Å². The van der Waals surface area contributed by atoms with Crippen LogP contribution in [0.3, 0.4) is 0 Å².